The molecule has 2 N–H and O–H groups in total. The topological polar surface area (TPSA) is 40.5 Å². The van der Waals surface area contributed by atoms with Gasteiger partial charge in [-0.2, -0.15) is 0 Å². The van der Waals surface area contributed by atoms with Crippen molar-refractivity contribution >= 4 is 0 Å². The highest BCUT2D eigenvalue weighted by atomic mass is 16.3. The molecule has 0 aromatic heterocycles. The molecule has 56 valence electrons. The summed E-state index contributed by atoms with van der Waals surface area (Å²) in [4.78, 5) is 0. The van der Waals surface area contributed by atoms with Gasteiger partial charge >= 0.3 is 0 Å². The van der Waals surface area contributed by atoms with Crippen LogP contribution in [0.2, 0.25) is 0 Å². The van der Waals surface area contributed by atoms with Gasteiger partial charge in [-0.05, 0) is 5.92 Å². The van der Waals surface area contributed by atoms with Crippen LogP contribution in [0.15, 0.2) is 0 Å². The molecule has 0 rings (SSSR count). The number of rotatable bonds is 4. The first-order valence-corrected chi connectivity index (χ1v) is 3.47. The summed E-state index contributed by atoms with van der Waals surface area (Å²) in [5.41, 5.74) is 0. The molecule has 0 aromatic rings. The molecule has 0 aromatic carbocycles. The molecular formula is C7H16O2. The van der Waals surface area contributed by atoms with Crippen LogP contribution in [0.5, 0.6) is 0 Å². The molecular weight excluding hydrogens is 116 g/mol. The fourth-order valence-corrected chi connectivity index (χ4v) is 0.751. The normalized spacial score (nSPS) is 14.3. The second-order valence-corrected chi connectivity index (χ2v) is 2.51. The van der Waals surface area contributed by atoms with Crippen LogP contribution in [-0.2, 0) is 0 Å². The molecule has 0 saturated heterocycles. The highest BCUT2D eigenvalue weighted by molar-refractivity contribution is 4.61. The van der Waals surface area contributed by atoms with Crippen molar-refractivity contribution in [1.29, 1.82) is 0 Å². The Bertz CT molecular complexity index is 59.9. The Morgan fingerprint density at radius 1 is 1.22 bits per heavy atom. The Hall–Kier alpha value is -0.0800. The molecule has 0 aliphatic carbocycles. The molecule has 0 spiro atoms. The Morgan fingerprint density at radius 2 is 1.67 bits per heavy atom. The van der Waals surface area contributed by atoms with Gasteiger partial charge in [0.1, 0.15) is 0 Å². The lowest BCUT2D eigenvalue weighted by Gasteiger charge is -2.16. The maximum atomic E-state index is 8.67. The van der Waals surface area contributed by atoms with Gasteiger partial charge in [-0.25, -0.2) is 0 Å². The summed E-state index contributed by atoms with van der Waals surface area (Å²) in [6, 6.07) is 0. The van der Waals surface area contributed by atoms with E-state index in [1.807, 2.05) is 6.92 Å². The van der Waals surface area contributed by atoms with Crippen molar-refractivity contribution in [1.82, 2.24) is 0 Å². The highest BCUT2D eigenvalue weighted by Crippen LogP contribution is 2.12. The maximum Gasteiger partial charge on any atom is 0.0483 e. The van der Waals surface area contributed by atoms with E-state index in [0.29, 0.717) is 5.92 Å². The van der Waals surface area contributed by atoms with Crippen LogP contribution in [0.1, 0.15) is 20.3 Å². The molecule has 0 radical (unpaired) electrons. The number of aliphatic hydroxyl groups is 2. The Kier molecular flexibility index (Phi) is 4.72. The summed E-state index contributed by atoms with van der Waals surface area (Å²) >= 11 is 0. The van der Waals surface area contributed by atoms with Crippen molar-refractivity contribution in [3.05, 3.63) is 0 Å². The molecule has 1 atom stereocenters. The van der Waals surface area contributed by atoms with Gasteiger partial charge in [0.15, 0.2) is 0 Å². The van der Waals surface area contributed by atoms with Crippen molar-refractivity contribution in [3.63, 3.8) is 0 Å². The molecule has 0 fully saturated rings. The average molecular weight is 132 g/mol. The molecule has 0 aliphatic rings. The number of hydrogen-bond donors (Lipinski definition) is 2. The van der Waals surface area contributed by atoms with Gasteiger partial charge in [-0.15, -0.1) is 0 Å². The minimum atomic E-state index is 0.0787. The Morgan fingerprint density at radius 3 is 1.78 bits per heavy atom. The molecule has 0 aliphatic heterocycles. The van der Waals surface area contributed by atoms with E-state index in [-0.39, 0.29) is 19.1 Å². The smallest absolute Gasteiger partial charge is 0.0483 e. The Labute approximate surface area is 56.5 Å². The van der Waals surface area contributed by atoms with E-state index >= 15 is 0 Å². The van der Waals surface area contributed by atoms with Crippen molar-refractivity contribution in [2.45, 2.75) is 20.3 Å². The summed E-state index contributed by atoms with van der Waals surface area (Å²) < 4.78 is 0. The number of aliphatic hydroxyl groups excluding tert-OH is 2. The fraction of sp³-hybridized carbons (Fsp3) is 1.00. The third-order valence-corrected chi connectivity index (χ3v) is 1.92. The van der Waals surface area contributed by atoms with E-state index in [0.717, 1.165) is 6.42 Å². The van der Waals surface area contributed by atoms with Gasteiger partial charge in [-0.1, -0.05) is 20.3 Å². The van der Waals surface area contributed by atoms with Gasteiger partial charge in [0, 0.05) is 19.1 Å². The lowest BCUT2D eigenvalue weighted by molar-refractivity contribution is 0.111. The summed E-state index contributed by atoms with van der Waals surface area (Å²) in [6.45, 7) is 4.30. The minimum absolute atomic E-state index is 0.0787. The van der Waals surface area contributed by atoms with Crippen molar-refractivity contribution in [2.24, 2.45) is 11.8 Å². The lowest BCUT2D eigenvalue weighted by atomic mass is 9.93. The first-order valence-electron chi connectivity index (χ1n) is 3.47. The van der Waals surface area contributed by atoms with Gasteiger partial charge in [0.25, 0.3) is 0 Å². The zero-order chi connectivity index (χ0) is 7.28. The van der Waals surface area contributed by atoms with Crippen molar-refractivity contribution < 1.29 is 10.2 Å². The third kappa shape index (κ3) is 2.82. The predicted molar refractivity (Wildman–Crippen MR) is 37.1 cm³/mol. The van der Waals surface area contributed by atoms with Gasteiger partial charge in [-0.3, -0.25) is 0 Å². The highest BCUT2D eigenvalue weighted by Gasteiger charge is 2.12. The molecule has 2 heteroatoms. The van der Waals surface area contributed by atoms with E-state index in [9.17, 15) is 0 Å². The molecule has 0 saturated carbocycles. The molecule has 0 amide bonds. The predicted octanol–water partition coefficient (Wildman–Crippen LogP) is 0.633. The largest absolute Gasteiger partial charge is 0.396 e. The van der Waals surface area contributed by atoms with Crippen LogP contribution in [0.4, 0.5) is 0 Å². The van der Waals surface area contributed by atoms with Crippen LogP contribution < -0.4 is 0 Å². The van der Waals surface area contributed by atoms with Gasteiger partial charge in [0.05, 0.1) is 0 Å². The Balaban J connectivity index is 3.50. The average Bonchev–Trinajstić information content (AvgIpc) is 1.90. The van der Waals surface area contributed by atoms with E-state index < -0.39 is 0 Å². The maximum absolute atomic E-state index is 8.67. The van der Waals surface area contributed by atoms with Crippen molar-refractivity contribution in [3.8, 4) is 0 Å². The SMILES string of the molecule is CCC(C)C(CO)CO. The standard InChI is InChI=1S/C7H16O2/c1-3-6(2)7(4-8)5-9/h6-9H,3-5H2,1-2H3. The monoisotopic (exact) mass is 132 g/mol. The van der Waals surface area contributed by atoms with Gasteiger partial charge in [0.2, 0.25) is 0 Å². The molecule has 1 unspecified atom stereocenters. The van der Waals surface area contributed by atoms with Crippen LogP contribution in [0.25, 0.3) is 0 Å². The zero-order valence-corrected chi connectivity index (χ0v) is 6.17. The van der Waals surface area contributed by atoms with Crippen LogP contribution >= 0.6 is 0 Å². The van der Waals surface area contributed by atoms with E-state index in [1.165, 1.54) is 0 Å². The van der Waals surface area contributed by atoms with E-state index in [2.05, 4.69) is 6.92 Å². The first kappa shape index (κ1) is 8.92. The second-order valence-electron chi connectivity index (χ2n) is 2.51. The van der Waals surface area contributed by atoms with Crippen molar-refractivity contribution in [2.75, 3.05) is 13.2 Å². The fourth-order valence-electron chi connectivity index (χ4n) is 0.751. The lowest BCUT2D eigenvalue weighted by Crippen LogP contribution is -2.19. The minimum Gasteiger partial charge on any atom is -0.396 e. The quantitative estimate of drug-likeness (QED) is 0.589. The second kappa shape index (κ2) is 4.77. The van der Waals surface area contributed by atoms with Crippen LogP contribution in [0, 0.1) is 11.8 Å². The molecule has 2 nitrogen and oxygen atoms in total. The zero-order valence-electron chi connectivity index (χ0n) is 6.17. The van der Waals surface area contributed by atoms with Crippen LogP contribution in [-0.4, -0.2) is 23.4 Å². The molecule has 0 heterocycles. The molecule has 0 bridgehead atoms. The number of hydrogen-bond acceptors (Lipinski definition) is 2. The molecule has 9 heavy (non-hydrogen) atoms. The summed E-state index contributed by atoms with van der Waals surface area (Å²) in [6.07, 6.45) is 1.02. The summed E-state index contributed by atoms with van der Waals surface area (Å²) in [5, 5.41) is 17.3. The van der Waals surface area contributed by atoms with Gasteiger partial charge < -0.3 is 10.2 Å². The van der Waals surface area contributed by atoms with Crippen LogP contribution in [0.3, 0.4) is 0 Å². The summed E-state index contributed by atoms with van der Waals surface area (Å²) in [5.74, 6) is 0.509. The van der Waals surface area contributed by atoms with E-state index in [4.69, 9.17) is 10.2 Å². The van der Waals surface area contributed by atoms with E-state index in [1.54, 1.807) is 0 Å². The summed E-state index contributed by atoms with van der Waals surface area (Å²) in [7, 11) is 0. The third-order valence-electron chi connectivity index (χ3n) is 1.92. The first-order chi connectivity index (χ1) is 4.26.